The van der Waals surface area contributed by atoms with Gasteiger partial charge in [0, 0.05) is 30.2 Å². The molecule has 3 nitrogen and oxygen atoms in total. The van der Waals surface area contributed by atoms with Crippen molar-refractivity contribution in [3.8, 4) is 0 Å². The highest BCUT2D eigenvalue weighted by atomic mass is 35.5. The summed E-state index contributed by atoms with van der Waals surface area (Å²) in [4.78, 5) is 12.8. The van der Waals surface area contributed by atoms with Crippen molar-refractivity contribution in [2.75, 3.05) is 23.7 Å². The molecule has 0 radical (unpaired) electrons. The van der Waals surface area contributed by atoms with Gasteiger partial charge in [-0.25, -0.2) is 4.79 Å². The van der Waals surface area contributed by atoms with E-state index in [-0.39, 0.29) is 0 Å². The second kappa shape index (κ2) is 7.04. The van der Waals surface area contributed by atoms with Gasteiger partial charge in [0.15, 0.2) is 0 Å². The van der Waals surface area contributed by atoms with Crippen molar-refractivity contribution in [1.82, 2.24) is 0 Å². The summed E-state index contributed by atoms with van der Waals surface area (Å²) in [5, 5.41) is 9.97. The average molecular weight is 312 g/mol. The number of aliphatic carboxylic acids is 1. The molecular weight excluding hydrogens is 294 g/mol. The van der Waals surface area contributed by atoms with Crippen LogP contribution in [-0.2, 0) is 4.79 Å². The van der Waals surface area contributed by atoms with Crippen molar-refractivity contribution in [2.45, 2.75) is 18.6 Å². The Hall–Kier alpha value is -1.13. The fourth-order valence-corrected chi connectivity index (χ4v) is 3.72. The summed E-state index contributed by atoms with van der Waals surface area (Å²) in [6.07, 6.45) is 3.84. The van der Waals surface area contributed by atoms with Gasteiger partial charge in [-0.3, -0.25) is 0 Å². The fourth-order valence-electron chi connectivity index (χ4n) is 2.24. The molecule has 1 aromatic carbocycles. The molecule has 1 aliphatic heterocycles. The highest BCUT2D eigenvalue weighted by Gasteiger charge is 2.20. The number of hydrogen-bond acceptors (Lipinski definition) is 3. The molecule has 1 atom stereocenters. The monoisotopic (exact) mass is 311 g/mol. The van der Waals surface area contributed by atoms with Crippen LogP contribution >= 0.6 is 23.4 Å². The van der Waals surface area contributed by atoms with Crippen LogP contribution in [0.25, 0.3) is 6.08 Å². The maximum Gasteiger partial charge on any atom is 0.328 e. The number of thioether (sulfide) groups is 1. The Morgan fingerprint density at radius 3 is 3.05 bits per heavy atom. The largest absolute Gasteiger partial charge is 0.478 e. The molecule has 20 heavy (non-hydrogen) atoms. The summed E-state index contributed by atoms with van der Waals surface area (Å²) in [6, 6.07) is 5.70. The molecule has 1 N–H and O–H groups in total. The Labute approximate surface area is 128 Å². The predicted octanol–water partition coefficient (Wildman–Crippen LogP) is 3.77. The normalized spacial score (nSPS) is 19.5. The number of halogens is 1. The molecule has 1 aliphatic rings. The van der Waals surface area contributed by atoms with Gasteiger partial charge in [-0.2, -0.15) is 11.8 Å². The topological polar surface area (TPSA) is 40.5 Å². The maximum atomic E-state index is 10.5. The maximum absolute atomic E-state index is 10.5. The number of rotatable bonds is 4. The van der Waals surface area contributed by atoms with Gasteiger partial charge in [0.1, 0.15) is 0 Å². The van der Waals surface area contributed by atoms with Crippen LogP contribution in [0.1, 0.15) is 18.9 Å². The van der Waals surface area contributed by atoms with Gasteiger partial charge in [-0.05, 0) is 30.2 Å². The molecule has 0 bridgehead atoms. The molecule has 0 aliphatic carbocycles. The van der Waals surface area contributed by atoms with Crippen LogP contribution in [0.4, 0.5) is 5.69 Å². The first kappa shape index (κ1) is 15.3. The van der Waals surface area contributed by atoms with Gasteiger partial charge in [0.2, 0.25) is 0 Å². The van der Waals surface area contributed by atoms with Crippen LogP contribution in [0.15, 0.2) is 24.3 Å². The van der Waals surface area contributed by atoms with E-state index >= 15 is 0 Å². The summed E-state index contributed by atoms with van der Waals surface area (Å²) < 4.78 is 0. The van der Waals surface area contributed by atoms with Crippen LogP contribution in [0.3, 0.4) is 0 Å². The van der Waals surface area contributed by atoms with E-state index in [0.29, 0.717) is 10.3 Å². The van der Waals surface area contributed by atoms with Crippen molar-refractivity contribution in [3.63, 3.8) is 0 Å². The number of carboxylic acids is 1. The Kier molecular flexibility index (Phi) is 5.38. The number of anilines is 1. The Bertz CT molecular complexity index is 519. The van der Waals surface area contributed by atoms with E-state index in [2.05, 4.69) is 11.8 Å². The van der Waals surface area contributed by atoms with Crippen LogP contribution in [0.5, 0.6) is 0 Å². The molecule has 0 amide bonds. The molecule has 5 heteroatoms. The lowest BCUT2D eigenvalue weighted by molar-refractivity contribution is -0.131. The van der Waals surface area contributed by atoms with Crippen molar-refractivity contribution in [1.29, 1.82) is 0 Å². The number of benzene rings is 1. The van der Waals surface area contributed by atoms with E-state index in [9.17, 15) is 4.79 Å². The lowest BCUT2D eigenvalue weighted by atomic mass is 10.1. The molecule has 1 unspecified atom stereocenters. The quantitative estimate of drug-likeness (QED) is 0.859. The minimum atomic E-state index is -0.955. The summed E-state index contributed by atoms with van der Waals surface area (Å²) in [5.74, 6) is 0.166. The SMILES string of the molecule is CCC1CN(c2ccc(/C=C/C(=O)O)cc2Cl)CCS1. The molecule has 0 aromatic heterocycles. The average Bonchev–Trinajstić information content (AvgIpc) is 2.45. The highest BCUT2D eigenvalue weighted by Crippen LogP contribution is 2.31. The molecule has 1 saturated heterocycles. The number of hydrogen-bond donors (Lipinski definition) is 1. The third kappa shape index (κ3) is 3.93. The molecule has 1 fully saturated rings. The third-order valence-electron chi connectivity index (χ3n) is 3.32. The third-order valence-corrected chi connectivity index (χ3v) is 5.00. The van der Waals surface area contributed by atoms with Crippen molar-refractivity contribution < 1.29 is 9.90 Å². The first-order valence-electron chi connectivity index (χ1n) is 6.67. The summed E-state index contributed by atoms with van der Waals surface area (Å²) in [6.45, 7) is 4.24. The van der Waals surface area contributed by atoms with Crippen LogP contribution in [0.2, 0.25) is 5.02 Å². The summed E-state index contributed by atoms with van der Waals surface area (Å²) in [7, 11) is 0. The van der Waals surface area contributed by atoms with Crippen molar-refractivity contribution in [3.05, 3.63) is 34.9 Å². The van der Waals surface area contributed by atoms with Gasteiger partial charge in [0.25, 0.3) is 0 Å². The zero-order valence-electron chi connectivity index (χ0n) is 11.4. The molecule has 0 spiro atoms. The van der Waals surface area contributed by atoms with Gasteiger partial charge in [0.05, 0.1) is 10.7 Å². The van der Waals surface area contributed by atoms with E-state index in [4.69, 9.17) is 16.7 Å². The Morgan fingerprint density at radius 1 is 1.60 bits per heavy atom. The van der Waals surface area contributed by atoms with Crippen LogP contribution in [0, 0.1) is 0 Å². The zero-order valence-corrected chi connectivity index (χ0v) is 13.0. The standard InChI is InChI=1S/C15H18ClNO2S/c1-2-12-10-17(7-8-20-12)14-5-3-11(9-13(14)16)4-6-15(18)19/h3-6,9,12H,2,7-8,10H2,1H3,(H,18,19)/b6-4+. The van der Waals surface area contributed by atoms with Gasteiger partial charge >= 0.3 is 5.97 Å². The Balaban J connectivity index is 2.15. The van der Waals surface area contributed by atoms with Gasteiger partial charge in [-0.15, -0.1) is 0 Å². The van der Waals surface area contributed by atoms with E-state index in [0.717, 1.165) is 42.6 Å². The molecular formula is C15H18ClNO2S. The molecule has 0 saturated carbocycles. The molecule has 1 aromatic rings. The lowest BCUT2D eigenvalue weighted by Gasteiger charge is -2.34. The smallest absolute Gasteiger partial charge is 0.328 e. The number of carbonyl (C=O) groups is 1. The number of nitrogens with zero attached hydrogens (tertiary/aromatic N) is 1. The predicted molar refractivity (Wildman–Crippen MR) is 86.9 cm³/mol. The fraction of sp³-hybridized carbons (Fsp3) is 0.400. The molecule has 2 rings (SSSR count). The second-order valence-corrected chi connectivity index (χ2v) is 6.54. The summed E-state index contributed by atoms with van der Waals surface area (Å²) >= 11 is 8.36. The zero-order chi connectivity index (χ0) is 14.5. The Morgan fingerprint density at radius 2 is 2.40 bits per heavy atom. The van der Waals surface area contributed by atoms with Crippen LogP contribution in [-0.4, -0.2) is 35.2 Å². The van der Waals surface area contributed by atoms with E-state index in [1.807, 2.05) is 30.0 Å². The summed E-state index contributed by atoms with van der Waals surface area (Å²) in [5.41, 5.74) is 1.84. The minimum Gasteiger partial charge on any atom is -0.478 e. The molecule has 108 valence electrons. The highest BCUT2D eigenvalue weighted by molar-refractivity contribution is 8.00. The van der Waals surface area contributed by atoms with E-state index in [1.165, 1.54) is 0 Å². The van der Waals surface area contributed by atoms with Crippen molar-refractivity contribution >= 4 is 41.1 Å². The van der Waals surface area contributed by atoms with Crippen LogP contribution < -0.4 is 4.90 Å². The number of carboxylic acid groups (broad SMARTS) is 1. The van der Waals surface area contributed by atoms with Gasteiger partial charge in [-0.1, -0.05) is 24.6 Å². The van der Waals surface area contributed by atoms with E-state index in [1.54, 1.807) is 6.08 Å². The first-order chi connectivity index (χ1) is 9.60. The first-order valence-corrected chi connectivity index (χ1v) is 8.10. The minimum absolute atomic E-state index is 0.659. The van der Waals surface area contributed by atoms with Gasteiger partial charge < -0.3 is 10.0 Å². The lowest BCUT2D eigenvalue weighted by Crippen LogP contribution is -2.37. The second-order valence-electron chi connectivity index (χ2n) is 4.73. The molecule has 1 heterocycles. The van der Waals surface area contributed by atoms with Crippen molar-refractivity contribution in [2.24, 2.45) is 0 Å². The van der Waals surface area contributed by atoms with E-state index < -0.39 is 5.97 Å².